The molecule has 3 heterocycles. The summed E-state index contributed by atoms with van der Waals surface area (Å²) >= 11 is 6.40. The van der Waals surface area contributed by atoms with E-state index in [1.54, 1.807) is 6.20 Å². The van der Waals surface area contributed by atoms with Gasteiger partial charge in [-0.3, -0.25) is 0 Å². The number of imidazole rings is 1. The molecule has 0 saturated carbocycles. The van der Waals surface area contributed by atoms with Gasteiger partial charge in [0.25, 0.3) is 0 Å². The number of hydrogen-bond acceptors (Lipinski definition) is 5. The molecule has 3 N–H and O–H groups in total. The summed E-state index contributed by atoms with van der Waals surface area (Å²) in [7, 11) is 1.00. The van der Waals surface area contributed by atoms with E-state index in [-0.39, 0.29) is 12.0 Å². The van der Waals surface area contributed by atoms with Crippen LogP contribution in [-0.2, 0) is 0 Å². The maximum Gasteiger partial charge on any atom is 0.140 e. The Morgan fingerprint density at radius 2 is 2.07 bits per heavy atom. The largest absolute Gasteiger partial charge is 0.400 e. The van der Waals surface area contributed by atoms with Gasteiger partial charge in [-0.1, -0.05) is 37.6 Å². The summed E-state index contributed by atoms with van der Waals surface area (Å²) in [4.78, 5) is 14.7. The lowest BCUT2D eigenvalue weighted by atomic mass is 9.82. The van der Waals surface area contributed by atoms with E-state index in [1.807, 2.05) is 30.3 Å². The van der Waals surface area contributed by atoms with Crippen molar-refractivity contribution in [3.63, 3.8) is 0 Å². The average Bonchev–Trinajstić information content (AvgIpc) is 3.25. The number of hydrogen-bond donors (Lipinski definition) is 3. The highest BCUT2D eigenvalue weighted by atomic mass is 35.5. The van der Waals surface area contributed by atoms with Crippen molar-refractivity contribution in [2.45, 2.75) is 13.8 Å². The Labute approximate surface area is 163 Å². The van der Waals surface area contributed by atoms with Crippen LogP contribution in [0.4, 0.5) is 5.82 Å². The SMILES string of the molecule is CC1CN(c2cc(-c3nc4ccccc4[nH]3)c(Cl)cn2)CC1(C)CO.CO. The van der Waals surface area contributed by atoms with Gasteiger partial charge >= 0.3 is 0 Å². The van der Waals surface area contributed by atoms with Gasteiger partial charge in [-0.25, -0.2) is 9.97 Å². The number of aliphatic hydroxyl groups is 2. The van der Waals surface area contributed by atoms with Crippen LogP contribution in [0.3, 0.4) is 0 Å². The van der Waals surface area contributed by atoms with E-state index in [1.165, 1.54) is 0 Å². The minimum absolute atomic E-state index is 0.110. The Bertz CT molecular complexity index is 896. The Morgan fingerprint density at radius 3 is 2.74 bits per heavy atom. The van der Waals surface area contributed by atoms with Gasteiger partial charge in [-0.05, 0) is 24.1 Å². The van der Waals surface area contributed by atoms with Crippen LogP contribution >= 0.6 is 11.6 Å². The van der Waals surface area contributed by atoms with Crippen molar-refractivity contribution < 1.29 is 10.2 Å². The van der Waals surface area contributed by atoms with Crippen LogP contribution in [0, 0.1) is 11.3 Å². The summed E-state index contributed by atoms with van der Waals surface area (Å²) in [6, 6.07) is 9.89. The molecular formula is C20H25ClN4O2. The number of anilines is 1. The minimum Gasteiger partial charge on any atom is -0.400 e. The number of nitrogens with one attached hydrogen (secondary N) is 1. The van der Waals surface area contributed by atoms with Crippen molar-refractivity contribution in [3.05, 3.63) is 41.6 Å². The molecule has 1 saturated heterocycles. The molecule has 2 aromatic heterocycles. The summed E-state index contributed by atoms with van der Waals surface area (Å²) < 4.78 is 0. The molecule has 0 spiro atoms. The van der Waals surface area contributed by atoms with E-state index in [0.717, 1.165) is 48.4 Å². The molecule has 3 aromatic rings. The maximum absolute atomic E-state index is 9.73. The van der Waals surface area contributed by atoms with Crippen LogP contribution in [0.5, 0.6) is 0 Å². The molecule has 2 atom stereocenters. The molecule has 144 valence electrons. The van der Waals surface area contributed by atoms with Crippen LogP contribution in [0.15, 0.2) is 36.5 Å². The first-order valence-electron chi connectivity index (χ1n) is 8.91. The predicted molar refractivity (Wildman–Crippen MR) is 109 cm³/mol. The third-order valence-corrected chi connectivity index (χ3v) is 5.71. The van der Waals surface area contributed by atoms with E-state index in [4.69, 9.17) is 16.7 Å². The van der Waals surface area contributed by atoms with Crippen molar-refractivity contribution in [1.82, 2.24) is 15.0 Å². The first-order chi connectivity index (χ1) is 13.0. The van der Waals surface area contributed by atoms with Gasteiger partial charge in [0.15, 0.2) is 0 Å². The molecular weight excluding hydrogens is 364 g/mol. The van der Waals surface area contributed by atoms with Gasteiger partial charge < -0.3 is 20.1 Å². The predicted octanol–water partition coefficient (Wildman–Crippen LogP) is 3.34. The molecule has 1 aliphatic rings. The van der Waals surface area contributed by atoms with Crippen molar-refractivity contribution in [2.75, 3.05) is 31.7 Å². The van der Waals surface area contributed by atoms with Crippen molar-refractivity contribution >= 4 is 28.5 Å². The highest BCUT2D eigenvalue weighted by molar-refractivity contribution is 6.33. The van der Waals surface area contributed by atoms with E-state index in [0.29, 0.717) is 10.9 Å². The van der Waals surface area contributed by atoms with Crippen molar-refractivity contribution in [1.29, 1.82) is 0 Å². The summed E-state index contributed by atoms with van der Waals surface area (Å²) in [5, 5.41) is 17.3. The number of nitrogens with zero attached hydrogens (tertiary/aromatic N) is 3. The van der Waals surface area contributed by atoms with Crippen molar-refractivity contribution in [2.24, 2.45) is 11.3 Å². The summed E-state index contributed by atoms with van der Waals surface area (Å²) in [5.41, 5.74) is 2.62. The number of rotatable bonds is 3. The standard InChI is InChI=1S/C19H21ClN4O.CH4O/c1-12-9-24(10-19(12,2)11-25)17-7-13(14(20)8-21-17)18-22-15-5-3-4-6-16(15)23-18;1-2/h3-8,12,25H,9-11H2,1-2H3,(H,22,23);2H,1H3. The number of fused-ring (bicyclic) bond motifs is 1. The highest BCUT2D eigenvalue weighted by Gasteiger charge is 2.40. The average molecular weight is 389 g/mol. The Kier molecular flexibility index (Phi) is 5.69. The van der Waals surface area contributed by atoms with Crippen LogP contribution in [0.2, 0.25) is 5.02 Å². The molecule has 1 fully saturated rings. The number of para-hydroxylation sites is 2. The molecule has 2 unspecified atom stereocenters. The van der Waals surface area contributed by atoms with Gasteiger partial charge in [0.1, 0.15) is 11.6 Å². The number of benzene rings is 1. The van der Waals surface area contributed by atoms with Crippen molar-refractivity contribution in [3.8, 4) is 11.4 Å². The first kappa shape index (κ1) is 19.6. The zero-order valence-corrected chi connectivity index (χ0v) is 16.5. The smallest absolute Gasteiger partial charge is 0.140 e. The minimum atomic E-state index is -0.110. The number of aliphatic hydroxyl groups excluding tert-OH is 2. The normalized spacial score (nSPS) is 22.0. The number of halogens is 1. The Hall–Kier alpha value is -2.15. The highest BCUT2D eigenvalue weighted by Crippen LogP contribution is 2.38. The van der Waals surface area contributed by atoms with Crippen LogP contribution in [0.1, 0.15) is 13.8 Å². The van der Waals surface area contributed by atoms with Gasteiger partial charge in [0, 0.05) is 37.4 Å². The van der Waals surface area contributed by atoms with E-state index in [2.05, 4.69) is 33.7 Å². The second-order valence-electron chi connectivity index (χ2n) is 7.22. The quantitative estimate of drug-likeness (QED) is 0.640. The topological polar surface area (TPSA) is 85.3 Å². The lowest BCUT2D eigenvalue weighted by molar-refractivity contribution is 0.125. The summed E-state index contributed by atoms with van der Waals surface area (Å²) in [6.07, 6.45) is 1.68. The molecule has 1 aliphatic heterocycles. The molecule has 0 aliphatic carbocycles. The second kappa shape index (κ2) is 7.84. The Morgan fingerprint density at radius 1 is 1.33 bits per heavy atom. The number of aromatic amines is 1. The Balaban J connectivity index is 0.00000102. The molecule has 6 nitrogen and oxygen atoms in total. The number of aromatic nitrogens is 3. The molecule has 0 amide bonds. The fourth-order valence-corrected chi connectivity index (χ4v) is 3.64. The zero-order chi connectivity index (χ0) is 19.6. The number of H-pyrrole nitrogens is 1. The first-order valence-corrected chi connectivity index (χ1v) is 9.29. The molecule has 0 bridgehead atoms. The molecule has 27 heavy (non-hydrogen) atoms. The van der Waals surface area contributed by atoms with Crippen LogP contribution in [-0.4, -0.2) is 52.0 Å². The number of pyridine rings is 1. The van der Waals surface area contributed by atoms with Gasteiger partial charge in [0.05, 0.1) is 22.7 Å². The monoisotopic (exact) mass is 388 g/mol. The van der Waals surface area contributed by atoms with Gasteiger partial charge in [0.2, 0.25) is 0 Å². The van der Waals surface area contributed by atoms with E-state index < -0.39 is 0 Å². The third-order valence-electron chi connectivity index (χ3n) is 5.41. The van der Waals surface area contributed by atoms with Gasteiger partial charge in [-0.2, -0.15) is 0 Å². The molecule has 4 rings (SSSR count). The van der Waals surface area contributed by atoms with E-state index in [9.17, 15) is 5.11 Å². The molecule has 7 heteroatoms. The maximum atomic E-state index is 9.73. The van der Waals surface area contributed by atoms with Crippen LogP contribution in [0.25, 0.3) is 22.4 Å². The summed E-state index contributed by atoms with van der Waals surface area (Å²) in [6.45, 7) is 6.11. The lowest BCUT2D eigenvalue weighted by Gasteiger charge is -2.25. The second-order valence-corrected chi connectivity index (χ2v) is 7.63. The fourth-order valence-electron chi connectivity index (χ4n) is 3.45. The van der Waals surface area contributed by atoms with Crippen LogP contribution < -0.4 is 4.90 Å². The summed E-state index contributed by atoms with van der Waals surface area (Å²) in [5.74, 6) is 2.00. The molecule has 0 radical (unpaired) electrons. The van der Waals surface area contributed by atoms with Gasteiger partial charge in [-0.15, -0.1) is 0 Å². The third kappa shape index (κ3) is 3.65. The lowest BCUT2D eigenvalue weighted by Crippen LogP contribution is -2.30. The zero-order valence-electron chi connectivity index (χ0n) is 15.8. The van der Waals surface area contributed by atoms with E-state index >= 15 is 0 Å². The fraction of sp³-hybridized carbons (Fsp3) is 0.400. The molecule has 1 aromatic carbocycles.